The molecular formula is C8H6F2N2O. The molecule has 13 heavy (non-hydrogen) atoms. The van der Waals surface area contributed by atoms with Crippen LogP contribution in [0, 0.1) is 18.3 Å². The largest absolute Gasteiger partial charge is 0.432 e. The quantitative estimate of drug-likeness (QED) is 0.704. The lowest BCUT2D eigenvalue weighted by atomic mass is 10.2. The molecule has 1 aromatic rings. The number of alkyl halides is 2. The Morgan fingerprint density at radius 3 is 2.77 bits per heavy atom. The van der Waals surface area contributed by atoms with E-state index >= 15 is 0 Å². The van der Waals surface area contributed by atoms with Gasteiger partial charge in [0.25, 0.3) is 0 Å². The first-order chi connectivity index (χ1) is 6.15. The van der Waals surface area contributed by atoms with Gasteiger partial charge in [-0.3, -0.25) is 4.98 Å². The molecule has 3 nitrogen and oxygen atoms in total. The summed E-state index contributed by atoms with van der Waals surface area (Å²) in [6.45, 7) is -1.33. The van der Waals surface area contributed by atoms with Crippen molar-refractivity contribution in [2.24, 2.45) is 0 Å². The van der Waals surface area contributed by atoms with Gasteiger partial charge >= 0.3 is 6.61 Å². The number of hydrogen-bond donors (Lipinski definition) is 0. The van der Waals surface area contributed by atoms with Crippen LogP contribution in [0.25, 0.3) is 0 Å². The van der Waals surface area contributed by atoms with Crippen LogP contribution in [0.2, 0.25) is 0 Å². The fourth-order valence-corrected chi connectivity index (χ4v) is 0.869. The number of aromatic nitrogens is 1. The SMILES string of the molecule is Cc1cncc(OC(F)F)c1C#N. The normalized spacial score (nSPS) is 9.77. The summed E-state index contributed by atoms with van der Waals surface area (Å²) in [7, 11) is 0. The number of ether oxygens (including phenoxy) is 1. The molecule has 68 valence electrons. The van der Waals surface area contributed by atoms with E-state index in [2.05, 4.69) is 9.72 Å². The van der Waals surface area contributed by atoms with Crippen molar-refractivity contribution in [1.29, 1.82) is 5.26 Å². The topological polar surface area (TPSA) is 45.9 Å². The van der Waals surface area contributed by atoms with E-state index in [1.165, 1.54) is 6.20 Å². The molecule has 0 fully saturated rings. The lowest BCUT2D eigenvalue weighted by Crippen LogP contribution is -2.04. The van der Waals surface area contributed by atoms with Crippen LogP contribution in [0.15, 0.2) is 12.4 Å². The minimum atomic E-state index is -2.93. The molecule has 0 aromatic carbocycles. The Morgan fingerprint density at radius 2 is 2.23 bits per heavy atom. The third kappa shape index (κ3) is 2.12. The summed E-state index contributed by atoms with van der Waals surface area (Å²) in [4.78, 5) is 3.64. The lowest BCUT2D eigenvalue weighted by molar-refractivity contribution is -0.0502. The van der Waals surface area contributed by atoms with E-state index in [9.17, 15) is 8.78 Å². The first-order valence-electron chi connectivity index (χ1n) is 3.44. The van der Waals surface area contributed by atoms with E-state index in [1.54, 1.807) is 13.0 Å². The van der Waals surface area contributed by atoms with Crippen LogP contribution >= 0.6 is 0 Å². The van der Waals surface area contributed by atoms with Gasteiger partial charge in [-0.15, -0.1) is 0 Å². The van der Waals surface area contributed by atoms with Crippen molar-refractivity contribution in [3.63, 3.8) is 0 Å². The molecule has 0 aliphatic rings. The van der Waals surface area contributed by atoms with Gasteiger partial charge in [0.05, 0.1) is 6.20 Å². The molecule has 0 unspecified atom stereocenters. The Morgan fingerprint density at radius 1 is 1.54 bits per heavy atom. The molecule has 1 rings (SSSR count). The summed E-state index contributed by atoms with van der Waals surface area (Å²) in [5.74, 6) is -0.183. The molecule has 0 spiro atoms. The zero-order chi connectivity index (χ0) is 9.84. The minimum absolute atomic E-state index is 0.0929. The van der Waals surface area contributed by atoms with Crippen molar-refractivity contribution in [2.45, 2.75) is 13.5 Å². The van der Waals surface area contributed by atoms with E-state index < -0.39 is 6.61 Å². The smallest absolute Gasteiger partial charge is 0.387 e. The molecule has 0 N–H and O–H groups in total. The van der Waals surface area contributed by atoms with Gasteiger partial charge in [0.2, 0.25) is 0 Å². The minimum Gasteiger partial charge on any atom is -0.432 e. The molecule has 5 heteroatoms. The van der Waals surface area contributed by atoms with Crippen molar-refractivity contribution >= 4 is 0 Å². The maximum absolute atomic E-state index is 11.8. The maximum atomic E-state index is 11.8. The Balaban J connectivity index is 3.07. The number of nitriles is 1. The van der Waals surface area contributed by atoms with Crippen LogP contribution in [0.1, 0.15) is 11.1 Å². The molecule has 0 saturated heterocycles. The Kier molecular flexibility index (Phi) is 2.75. The fourth-order valence-electron chi connectivity index (χ4n) is 0.869. The van der Waals surface area contributed by atoms with E-state index in [-0.39, 0.29) is 11.3 Å². The van der Waals surface area contributed by atoms with Gasteiger partial charge in [-0.2, -0.15) is 14.0 Å². The van der Waals surface area contributed by atoms with Crippen molar-refractivity contribution in [3.8, 4) is 11.8 Å². The molecule has 0 aliphatic carbocycles. The Hall–Kier alpha value is -1.70. The van der Waals surface area contributed by atoms with Crippen molar-refractivity contribution in [2.75, 3.05) is 0 Å². The summed E-state index contributed by atoms with van der Waals surface area (Å²) in [5.41, 5.74) is 0.607. The molecule has 0 amide bonds. The van der Waals surface area contributed by atoms with Crippen LogP contribution in [0.3, 0.4) is 0 Å². The van der Waals surface area contributed by atoms with Gasteiger partial charge in [0, 0.05) is 6.20 Å². The van der Waals surface area contributed by atoms with E-state index in [4.69, 9.17) is 5.26 Å². The van der Waals surface area contributed by atoms with Crippen LogP contribution in [0.5, 0.6) is 5.75 Å². The molecule has 1 aromatic heterocycles. The van der Waals surface area contributed by atoms with Gasteiger partial charge < -0.3 is 4.74 Å². The van der Waals surface area contributed by atoms with Crippen molar-refractivity contribution in [3.05, 3.63) is 23.5 Å². The molecule has 1 heterocycles. The third-order valence-corrected chi connectivity index (χ3v) is 1.43. The van der Waals surface area contributed by atoms with E-state index in [0.717, 1.165) is 6.20 Å². The highest BCUT2D eigenvalue weighted by atomic mass is 19.3. The first-order valence-corrected chi connectivity index (χ1v) is 3.44. The predicted octanol–water partition coefficient (Wildman–Crippen LogP) is 1.86. The number of nitrogens with zero attached hydrogens (tertiary/aromatic N) is 2. The van der Waals surface area contributed by atoms with Gasteiger partial charge in [-0.05, 0) is 12.5 Å². The molecule has 0 radical (unpaired) electrons. The lowest BCUT2D eigenvalue weighted by Gasteiger charge is -2.06. The van der Waals surface area contributed by atoms with Gasteiger partial charge in [0.1, 0.15) is 11.6 Å². The second-order valence-electron chi connectivity index (χ2n) is 2.32. The first kappa shape index (κ1) is 9.39. The summed E-state index contributed by atoms with van der Waals surface area (Å²) >= 11 is 0. The highest BCUT2D eigenvalue weighted by Gasteiger charge is 2.11. The summed E-state index contributed by atoms with van der Waals surface area (Å²) in [6.07, 6.45) is 2.51. The van der Waals surface area contributed by atoms with Gasteiger partial charge in [0.15, 0.2) is 5.75 Å². The summed E-state index contributed by atoms with van der Waals surface area (Å²) in [5, 5.41) is 8.61. The van der Waals surface area contributed by atoms with Crippen molar-refractivity contribution < 1.29 is 13.5 Å². The molecule has 0 saturated carbocycles. The molecule has 0 bridgehead atoms. The average molecular weight is 184 g/mol. The maximum Gasteiger partial charge on any atom is 0.387 e. The molecule has 0 aliphatic heterocycles. The fraction of sp³-hybridized carbons (Fsp3) is 0.250. The zero-order valence-electron chi connectivity index (χ0n) is 6.79. The standard InChI is InChI=1S/C8H6F2N2O/c1-5-3-12-4-7(6(5)2-11)13-8(9)10/h3-4,8H,1H3. The average Bonchev–Trinajstić information content (AvgIpc) is 2.03. The van der Waals surface area contributed by atoms with Crippen LogP contribution in [-0.2, 0) is 0 Å². The van der Waals surface area contributed by atoms with Crippen LogP contribution < -0.4 is 4.74 Å². The highest BCUT2D eigenvalue weighted by Crippen LogP contribution is 2.20. The second kappa shape index (κ2) is 3.81. The summed E-state index contributed by atoms with van der Waals surface area (Å²) in [6, 6.07) is 1.77. The second-order valence-corrected chi connectivity index (χ2v) is 2.32. The number of halogens is 2. The monoisotopic (exact) mass is 184 g/mol. The summed E-state index contributed by atoms with van der Waals surface area (Å²) < 4.78 is 27.7. The highest BCUT2D eigenvalue weighted by molar-refractivity contribution is 5.45. The number of aryl methyl sites for hydroxylation is 1. The molecule has 0 atom stereocenters. The van der Waals surface area contributed by atoms with Crippen molar-refractivity contribution in [1.82, 2.24) is 4.98 Å². The Labute approximate surface area is 73.6 Å². The predicted molar refractivity (Wildman–Crippen MR) is 40.3 cm³/mol. The third-order valence-electron chi connectivity index (χ3n) is 1.43. The van der Waals surface area contributed by atoms with E-state index in [1.807, 2.05) is 0 Å². The van der Waals surface area contributed by atoms with E-state index in [0.29, 0.717) is 5.56 Å². The number of rotatable bonds is 2. The van der Waals surface area contributed by atoms with Gasteiger partial charge in [-0.25, -0.2) is 0 Å². The number of pyridine rings is 1. The number of hydrogen-bond acceptors (Lipinski definition) is 3. The molecular weight excluding hydrogens is 178 g/mol. The Bertz CT molecular complexity index is 346. The van der Waals surface area contributed by atoms with Crippen LogP contribution in [-0.4, -0.2) is 11.6 Å². The van der Waals surface area contributed by atoms with Crippen LogP contribution in [0.4, 0.5) is 8.78 Å². The van der Waals surface area contributed by atoms with Gasteiger partial charge in [-0.1, -0.05) is 0 Å². The zero-order valence-corrected chi connectivity index (χ0v) is 6.79.